The van der Waals surface area contributed by atoms with Crippen LogP contribution in [0.15, 0.2) is 0 Å². The van der Waals surface area contributed by atoms with Gasteiger partial charge < -0.3 is 20.4 Å². The molecule has 0 aliphatic heterocycles. The summed E-state index contributed by atoms with van der Waals surface area (Å²) < 4.78 is 0. The van der Waals surface area contributed by atoms with Gasteiger partial charge in [0.1, 0.15) is 0 Å². The maximum atomic E-state index is 11.0. The number of carboxylic acid groups (broad SMARTS) is 4. The number of rotatable bonds is 17. The highest BCUT2D eigenvalue weighted by Crippen LogP contribution is 2.26. The molecule has 2 atom stereocenters. The first kappa shape index (κ1) is 23.9. The van der Waals surface area contributed by atoms with Crippen molar-refractivity contribution in [3.8, 4) is 0 Å². The molecule has 0 aromatic heterocycles. The standard InChI is InChI=1S/C18H30O8/c19-15(20)7-3-1-5-13(11-17(23)24)9-10-14(12-18(25)26)6-2-4-8-16(21)22/h13-14H,1-12H2,(H,19,20)(H,21,22)(H,23,24)(H,25,26). The number of aliphatic carboxylic acids is 4. The van der Waals surface area contributed by atoms with Crippen LogP contribution < -0.4 is 0 Å². The van der Waals surface area contributed by atoms with Crippen molar-refractivity contribution in [3.63, 3.8) is 0 Å². The van der Waals surface area contributed by atoms with Crippen LogP contribution in [0.25, 0.3) is 0 Å². The molecule has 0 spiro atoms. The van der Waals surface area contributed by atoms with Crippen molar-refractivity contribution in [1.29, 1.82) is 0 Å². The van der Waals surface area contributed by atoms with Gasteiger partial charge in [0, 0.05) is 25.7 Å². The number of carbonyl (C=O) groups is 4. The van der Waals surface area contributed by atoms with E-state index in [0.717, 1.165) is 0 Å². The lowest BCUT2D eigenvalue weighted by atomic mass is 9.86. The molecule has 0 rings (SSSR count). The van der Waals surface area contributed by atoms with Gasteiger partial charge in [-0.25, -0.2) is 0 Å². The highest BCUT2D eigenvalue weighted by atomic mass is 16.4. The fourth-order valence-corrected chi connectivity index (χ4v) is 3.08. The third kappa shape index (κ3) is 15.4. The van der Waals surface area contributed by atoms with E-state index in [2.05, 4.69) is 0 Å². The molecule has 0 heterocycles. The van der Waals surface area contributed by atoms with E-state index in [1.54, 1.807) is 0 Å². The quantitative estimate of drug-likeness (QED) is 0.283. The van der Waals surface area contributed by atoms with Gasteiger partial charge in [0.15, 0.2) is 0 Å². The summed E-state index contributed by atoms with van der Waals surface area (Å²) in [5.74, 6) is -3.77. The lowest BCUT2D eigenvalue weighted by Gasteiger charge is -2.19. The molecule has 0 aliphatic carbocycles. The van der Waals surface area contributed by atoms with E-state index in [4.69, 9.17) is 20.4 Å². The van der Waals surface area contributed by atoms with E-state index in [1.165, 1.54) is 0 Å². The van der Waals surface area contributed by atoms with Crippen molar-refractivity contribution in [2.75, 3.05) is 0 Å². The summed E-state index contributed by atoms with van der Waals surface area (Å²) in [6.07, 6.45) is 4.74. The van der Waals surface area contributed by atoms with Crippen LogP contribution in [-0.2, 0) is 19.2 Å². The van der Waals surface area contributed by atoms with Crippen LogP contribution in [0.4, 0.5) is 0 Å². The largest absolute Gasteiger partial charge is 0.481 e. The minimum atomic E-state index is -0.913. The Bertz CT molecular complexity index is 418. The number of hydrogen-bond acceptors (Lipinski definition) is 4. The van der Waals surface area contributed by atoms with E-state index in [0.29, 0.717) is 51.4 Å². The summed E-state index contributed by atoms with van der Waals surface area (Å²) in [5, 5.41) is 35.3. The van der Waals surface area contributed by atoms with Crippen LogP contribution in [0, 0.1) is 11.8 Å². The minimum Gasteiger partial charge on any atom is -0.481 e. The monoisotopic (exact) mass is 374 g/mol. The molecule has 8 heteroatoms. The van der Waals surface area contributed by atoms with Crippen molar-refractivity contribution < 1.29 is 39.6 Å². The maximum absolute atomic E-state index is 11.0. The lowest BCUT2D eigenvalue weighted by Crippen LogP contribution is -2.13. The normalized spacial score (nSPS) is 13.1. The summed E-state index contributed by atoms with van der Waals surface area (Å²) in [6.45, 7) is 0. The van der Waals surface area contributed by atoms with Crippen molar-refractivity contribution >= 4 is 23.9 Å². The predicted molar refractivity (Wildman–Crippen MR) is 92.9 cm³/mol. The Kier molecular flexibility index (Phi) is 12.9. The zero-order valence-corrected chi connectivity index (χ0v) is 15.1. The van der Waals surface area contributed by atoms with Crippen LogP contribution in [0.1, 0.15) is 77.0 Å². The fraction of sp³-hybridized carbons (Fsp3) is 0.778. The van der Waals surface area contributed by atoms with Gasteiger partial charge in [0.2, 0.25) is 0 Å². The summed E-state index contributed by atoms with van der Waals surface area (Å²) >= 11 is 0. The van der Waals surface area contributed by atoms with E-state index in [9.17, 15) is 19.2 Å². The Labute approximate surface area is 153 Å². The van der Waals surface area contributed by atoms with Crippen LogP contribution >= 0.6 is 0 Å². The first-order chi connectivity index (χ1) is 12.2. The molecule has 150 valence electrons. The molecule has 0 saturated heterocycles. The van der Waals surface area contributed by atoms with Gasteiger partial charge in [-0.1, -0.05) is 12.8 Å². The molecule has 2 unspecified atom stereocenters. The van der Waals surface area contributed by atoms with Gasteiger partial charge in [-0.3, -0.25) is 19.2 Å². The Morgan fingerprint density at radius 1 is 0.500 bits per heavy atom. The number of carboxylic acids is 4. The zero-order chi connectivity index (χ0) is 19.9. The van der Waals surface area contributed by atoms with E-state index >= 15 is 0 Å². The van der Waals surface area contributed by atoms with Gasteiger partial charge in [-0.15, -0.1) is 0 Å². The second-order valence-electron chi connectivity index (χ2n) is 6.78. The smallest absolute Gasteiger partial charge is 0.303 e. The SMILES string of the molecule is O=C(O)CCCCC(CCC(CCCCC(=O)O)CC(=O)O)CC(=O)O. The predicted octanol–water partition coefficient (Wildman–Crippen LogP) is 3.24. The molecule has 0 aromatic carbocycles. The minimum absolute atomic E-state index is 0.00806. The molecular weight excluding hydrogens is 344 g/mol. The Hall–Kier alpha value is -2.12. The molecule has 4 N–H and O–H groups in total. The molecule has 0 fully saturated rings. The summed E-state index contributed by atoms with van der Waals surface area (Å²) in [4.78, 5) is 43.0. The van der Waals surface area contributed by atoms with Gasteiger partial charge in [-0.2, -0.15) is 0 Å². The summed E-state index contributed by atoms with van der Waals surface area (Å²) in [7, 11) is 0. The molecule has 0 saturated carbocycles. The van der Waals surface area contributed by atoms with Gasteiger partial charge in [0.05, 0.1) is 0 Å². The van der Waals surface area contributed by atoms with Gasteiger partial charge >= 0.3 is 23.9 Å². The molecule has 26 heavy (non-hydrogen) atoms. The van der Waals surface area contributed by atoms with E-state index in [1.807, 2.05) is 0 Å². The Balaban J connectivity index is 4.41. The number of unbranched alkanes of at least 4 members (excludes halogenated alkanes) is 2. The lowest BCUT2D eigenvalue weighted by molar-refractivity contribution is -0.139. The molecule has 0 aliphatic rings. The Morgan fingerprint density at radius 2 is 0.846 bits per heavy atom. The third-order valence-corrected chi connectivity index (χ3v) is 4.42. The van der Waals surface area contributed by atoms with Gasteiger partial charge in [0.25, 0.3) is 0 Å². The van der Waals surface area contributed by atoms with Crippen LogP contribution in [-0.4, -0.2) is 44.3 Å². The van der Waals surface area contributed by atoms with Crippen LogP contribution in [0.3, 0.4) is 0 Å². The molecule has 0 amide bonds. The van der Waals surface area contributed by atoms with Crippen LogP contribution in [0.5, 0.6) is 0 Å². The first-order valence-electron chi connectivity index (χ1n) is 9.07. The van der Waals surface area contributed by atoms with Crippen LogP contribution in [0.2, 0.25) is 0 Å². The van der Waals surface area contributed by atoms with Crippen molar-refractivity contribution in [2.45, 2.75) is 77.0 Å². The fourth-order valence-electron chi connectivity index (χ4n) is 3.08. The molecular formula is C18H30O8. The average molecular weight is 374 g/mol. The molecule has 8 nitrogen and oxygen atoms in total. The highest BCUT2D eigenvalue weighted by Gasteiger charge is 2.18. The highest BCUT2D eigenvalue weighted by molar-refractivity contribution is 5.68. The summed E-state index contributed by atoms with van der Waals surface area (Å²) in [6, 6.07) is 0. The molecule has 0 bridgehead atoms. The molecule has 0 radical (unpaired) electrons. The van der Waals surface area contributed by atoms with Crippen molar-refractivity contribution in [1.82, 2.24) is 0 Å². The van der Waals surface area contributed by atoms with E-state index < -0.39 is 23.9 Å². The van der Waals surface area contributed by atoms with Gasteiger partial charge in [-0.05, 0) is 50.4 Å². The second kappa shape index (κ2) is 14.1. The summed E-state index contributed by atoms with van der Waals surface area (Å²) in [5.41, 5.74) is 0. The third-order valence-electron chi connectivity index (χ3n) is 4.42. The first-order valence-corrected chi connectivity index (χ1v) is 9.07. The zero-order valence-electron chi connectivity index (χ0n) is 15.1. The Morgan fingerprint density at radius 3 is 1.12 bits per heavy atom. The van der Waals surface area contributed by atoms with Crippen molar-refractivity contribution in [2.24, 2.45) is 11.8 Å². The maximum Gasteiger partial charge on any atom is 0.303 e. The van der Waals surface area contributed by atoms with E-state index in [-0.39, 0.29) is 37.5 Å². The van der Waals surface area contributed by atoms with Crippen molar-refractivity contribution in [3.05, 3.63) is 0 Å². The number of hydrogen-bond donors (Lipinski definition) is 4. The second-order valence-corrected chi connectivity index (χ2v) is 6.78. The topological polar surface area (TPSA) is 149 Å². The average Bonchev–Trinajstić information content (AvgIpc) is 2.51. The molecule has 0 aromatic rings.